The molecule has 0 aromatic carbocycles. The van der Waals surface area contributed by atoms with Gasteiger partial charge in [-0.2, -0.15) is 0 Å². The van der Waals surface area contributed by atoms with Gasteiger partial charge in [0.15, 0.2) is 0 Å². The molecule has 0 heterocycles. The molecule has 0 rings (SSSR count). The quantitative estimate of drug-likeness (QED) is 0.517. The molecule has 70 valence electrons. The summed E-state index contributed by atoms with van der Waals surface area (Å²) in [5, 5.41) is 0.180. The Labute approximate surface area is 73.0 Å². The highest BCUT2D eigenvalue weighted by atomic mass is 31.2. The lowest BCUT2D eigenvalue weighted by Crippen LogP contribution is -1.86. The Bertz CT molecular complexity index is 214. The molecule has 12 heavy (non-hydrogen) atoms. The van der Waals surface area contributed by atoms with Gasteiger partial charge in [0.05, 0.1) is 0 Å². The molecular formula is C8H15O3P. The van der Waals surface area contributed by atoms with Crippen molar-refractivity contribution >= 4 is 7.60 Å². The summed E-state index contributed by atoms with van der Waals surface area (Å²) < 4.78 is 10.8. The van der Waals surface area contributed by atoms with E-state index < -0.39 is 7.60 Å². The zero-order valence-corrected chi connectivity index (χ0v) is 8.13. The predicted octanol–water partition coefficient (Wildman–Crippen LogP) is 2.42. The van der Waals surface area contributed by atoms with Crippen molar-refractivity contribution in [2.75, 3.05) is 0 Å². The van der Waals surface area contributed by atoms with Gasteiger partial charge in [0.1, 0.15) is 0 Å². The molecule has 4 heteroatoms. The van der Waals surface area contributed by atoms with Crippen molar-refractivity contribution in [1.29, 1.82) is 0 Å². The largest absolute Gasteiger partial charge is 0.352 e. The van der Waals surface area contributed by atoms with E-state index in [0.29, 0.717) is 6.42 Å². The molecule has 0 unspecified atom stereocenters. The summed E-state index contributed by atoms with van der Waals surface area (Å²) in [6.45, 7) is 5.38. The van der Waals surface area contributed by atoms with Crippen molar-refractivity contribution < 1.29 is 14.4 Å². The lowest BCUT2D eigenvalue weighted by molar-refractivity contribution is 0.380. The Hall–Kier alpha value is -0.370. The monoisotopic (exact) mass is 190 g/mol. The molecule has 0 saturated heterocycles. The highest BCUT2D eigenvalue weighted by molar-refractivity contribution is 7.56. The van der Waals surface area contributed by atoms with E-state index in [9.17, 15) is 4.57 Å². The third kappa shape index (κ3) is 4.50. The van der Waals surface area contributed by atoms with Gasteiger partial charge in [-0.15, -0.1) is 0 Å². The van der Waals surface area contributed by atoms with Crippen molar-refractivity contribution in [1.82, 2.24) is 0 Å². The summed E-state index contributed by atoms with van der Waals surface area (Å²) in [7, 11) is -4.03. The molecule has 0 atom stereocenters. The van der Waals surface area contributed by atoms with Crippen molar-refractivity contribution in [3.8, 4) is 0 Å². The van der Waals surface area contributed by atoms with Crippen molar-refractivity contribution in [2.24, 2.45) is 0 Å². The van der Waals surface area contributed by atoms with E-state index in [-0.39, 0.29) is 5.31 Å². The first-order valence-electron chi connectivity index (χ1n) is 3.90. The first-order valence-corrected chi connectivity index (χ1v) is 5.51. The van der Waals surface area contributed by atoms with Gasteiger partial charge in [0, 0.05) is 5.31 Å². The standard InChI is InChI=1S/C8H15O3P/c1-3-5-7-8(6-4-2)12(9,10)11/h4,6H,2-3,5,7H2,1H3,(H2,9,10,11). The van der Waals surface area contributed by atoms with Gasteiger partial charge in [-0.1, -0.05) is 32.1 Å². The van der Waals surface area contributed by atoms with Crippen LogP contribution in [-0.4, -0.2) is 9.79 Å². The van der Waals surface area contributed by atoms with Crippen molar-refractivity contribution in [2.45, 2.75) is 26.2 Å². The van der Waals surface area contributed by atoms with Gasteiger partial charge in [0.2, 0.25) is 0 Å². The lowest BCUT2D eigenvalue weighted by Gasteiger charge is -2.07. The Balaban J connectivity index is 4.36. The Morgan fingerprint density at radius 1 is 1.58 bits per heavy atom. The Kier molecular flexibility index (Phi) is 5.14. The SMILES string of the molecule is C=CC=C(CCCC)P(=O)(O)O. The van der Waals surface area contributed by atoms with E-state index in [1.807, 2.05) is 6.92 Å². The predicted molar refractivity (Wildman–Crippen MR) is 49.8 cm³/mol. The number of hydrogen-bond donors (Lipinski definition) is 2. The van der Waals surface area contributed by atoms with Crippen LogP contribution in [0.3, 0.4) is 0 Å². The van der Waals surface area contributed by atoms with Crippen LogP contribution in [0, 0.1) is 0 Å². The normalized spacial score (nSPS) is 13.1. The summed E-state index contributed by atoms with van der Waals surface area (Å²) in [5.74, 6) is 0. The Morgan fingerprint density at radius 2 is 2.17 bits per heavy atom. The zero-order valence-electron chi connectivity index (χ0n) is 7.23. The van der Waals surface area contributed by atoms with E-state index in [1.54, 1.807) is 0 Å². The lowest BCUT2D eigenvalue weighted by atomic mass is 10.2. The second kappa shape index (κ2) is 5.31. The number of rotatable bonds is 5. The molecule has 0 aliphatic carbocycles. The van der Waals surface area contributed by atoms with Gasteiger partial charge >= 0.3 is 7.60 Å². The van der Waals surface area contributed by atoms with Gasteiger partial charge < -0.3 is 9.79 Å². The summed E-state index contributed by atoms with van der Waals surface area (Å²) in [4.78, 5) is 17.7. The summed E-state index contributed by atoms with van der Waals surface area (Å²) in [6.07, 6.45) is 4.98. The maximum atomic E-state index is 10.8. The van der Waals surface area contributed by atoms with Crippen molar-refractivity contribution in [3.63, 3.8) is 0 Å². The maximum absolute atomic E-state index is 10.8. The van der Waals surface area contributed by atoms with E-state index in [0.717, 1.165) is 12.8 Å². The summed E-state index contributed by atoms with van der Waals surface area (Å²) >= 11 is 0. The minimum Gasteiger partial charge on any atom is -0.321 e. The third-order valence-electron chi connectivity index (χ3n) is 1.47. The molecule has 0 bridgehead atoms. The van der Waals surface area contributed by atoms with Crippen LogP contribution in [0.15, 0.2) is 24.0 Å². The van der Waals surface area contributed by atoms with Crippen LogP contribution in [-0.2, 0) is 4.57 Å². The highest BCUT2D eigenvalue weighted by Crippen LogP contribution is 2.47. The van der Waals surface area contributed by atoms with Crippen LogP contribution in [0.1, 0.15) is 26.2 Å². The Morgan fingerprint density at radius 3 is 2.50 bits per heavy atom. The molecule has 0 aromatic rings. The van der Waals surface area contributed by atoms with Gasteiger partial charge in [-0.25, -0.2) is 0 Å². The molecule has 0 amide bonds. The second-order valence-corrected chi connectivity index (χ2v) is 4.20. The van der Waals surface area contributed by atoms with Crippen LogP contribution in [0.4, 0.5) is 0 Å². The summed E-state index contributed by atoms with van der Waals surface area (Å²) in [5.41, 5.74) is 0. The highest BCUT2D eigenvalue weighted by Gasteiger charge is 2.18. The van der Waals surface area contributed by atoms with Crippen molar-refractivity contribution in [3.05, 3.63) is 24.0 Å². The van der Waals surface area contributed by atoms with Crippen LogP contribution in [0.5, 0.6) is 0 Å². The topological polar surface area (TPSA) is 57.5 Å². The number of allylic oxidation sites excluding steroid dienone is 3. The van der Waals surface area contributed by atoms with E-state index in [2.05, 4.69) is 6.58 Å². The minimum atomic E-state index is -4.03. The fourth-order valence-electron chi connectivity index (χ4n) is 0.820. The molecule has 0 spiro atoms. The van der Waals surface area contributed by atoms with Gasteiger partial charge in [0.25, 0.3) is 0 Å². The molecule has 2 N–H and O–H groups in total. The second-order valence-electron chi connectivity index (χ2n) is 2.54. The van der Waals surface area contributed by atoms with Gasteiger partial charge in [-0.05, 0) is 12.8 Å². The van der Waals surface area contributed by atoms with E-state index >= 15 is 0 Å². The first kappa shape index (κ1) is 11.6. The van der Waals surface area contributed by atoms with Crippen LogP contribution < -0.4 is 0 Å². The van der Waals surface area contributed by atoms with Crippen LogP contribution >= 0.6 is 7.60 Å². The smallest absolute Gasteiger partial charge is 0.321 e. The average molecular weight is 190 g/mol. The fourth-order valence-corrected chi connectivity index (χ4v) is 1.57. The van der Waals surface area contributed by atoms with E-state index in [4.69, 9.17) is 9.79 Å². The molecule has 0 radical (unpaired) electrons. The molecular weight excluding hydrogens is 175 g/mol. The molecule has 0 aliphatic heterocycles. The first-order chi connectivity index (χ1) is 5.52. The zero-order chi connectivity index (χ0) is 9.61. The maximum Gasteiger partial charge on any atom is 0.352 e. The molecule has 0 aromatic heterocycles. The van der Waals surface area contributed by atoms with Crippen LogP contribution in [0.25, 0.3) is 0 Å². The molecule has 3 nitrogen and oxygen atoms in total. The molecule has 0 saturated carbocycles. The van der Waals surface area contributed by atoms with E-state index in [1.165, 1.54) is 12.2 Å². The number of unbranched alkanes of at least 4 members (excludes halogenated alkanes) is 1. The summed E-state index contributed by atoms with van der Waals surface area (Å²) in [6, 6.07) is 0. The third-order valence-corrected chi connectivity index (χ3v) is 2.59. The van der Waals surface area contributed by atoms with Crippen LogP contribution in [0.2, 0.25) is 0 Å². The average Bonchev–Trinajstić information content (AvgIpc) is 1.95. The van der Waals surface area contributed by atoms with Gasteiger partial charge in [-0.3, -0.25) is 4.57 Å². The molecule has 0 fully saturated rings. The fraction of sp³-hybridized carbons (Fsp3) is 0.500. The minimum absolute atomic E-state index is 0.180. The molecule has 0 aliphatic rings. The number of hydrogen-bond acceptors (Lipinski definition) is 1.